The average Bonchev–Trinajstić information content (AvgIpc) is 3.27. The first kappa shape index (κ1) is 29.5. The summed E-state index contributed by atoms with van der Waals surface area (Å²) in [4.78, 5) is 21.4. The van der Waals surface area contributed by atoms with Gasteiger partial charge in [0.05, 0.1) is 23.1 Å². The second-order valence-electron chi connectivity index (χ2n) is 8.95. The number of amides is 1. The molecule has 0 spiro atoms. The number of carbonyl (C=O) groups excluding carboxylic acids is 1. The van der Waals surface area contributed by atoms with Crippen LogP contribution < -0.4 is 9.47 Å². The lowest BCUT2D eigenvalue weighted by atomic mass is 10.0. The molecule has 1 amide bonds. The number of aliphatic imine (C=N–C) groups is 1. The lowest BCUT2D eigenvalue weighted by Gasteiger charge is -2.34. The van der Waals surface area contributed by atoms with Crippen LogP contribution in [-0.4, -0.2) is 60.7 Å². The van der Waals surface area contributed by atoms with Crippen LogP contribution in [0.2, 0.25) is 0 Å². The summed E-state index contributed by atoms with van der Waals surface area (Å²) in [7, 11) is 1.33. The third-order valence-corrected chi connectivity index (χ3v) is 7.29. The molecule has 2 aromatic rings. The van der Waals surface area contributed by atoms with Crippen molar-refractivity contribution in [1.82, 2.24) is 9.80 Å². The van der Waals surface area contributed by atoms with E-state index in [1.807, 2.05) is 6.08 Å². The number of amidine groups is 1. The second-order valence-corrected chi connectivity index (χ2v) is 9.96. The van der Waals surface area contributed by atoms with Crippen molar-refractivity contribution in [1.29, 1.82) is 0 Å². The van der Waals surface area contributed by atoms with Crippen LogP contribution in [0.5, 0.6) is 11.5 Å². The van der Waals surface area contributed by atoms with Crippen molar-refractivity contribution in [3.63, 3.8) is 0 Å². The highest BCUT2D eigenvalue weighted by atomic mass is 32.2. The number of nitrogens with zero attached hydrogens (tertiary/aromatic N) is 3. The summed E-state index contributed by atoms with van der Waals surface area (Å²) < 4.78 is 90.0. The number of thioether (sulfide) groups is 1. The molecule has 2 aliphatic heterocycles. The van der Waals surface area contributed by atoms with Gasteiger partial charge in [-0.1, -0.05) is 18.2 Å². The van der Waals surface area contributed by atoms with Crippen LogP contribution >= 0.6 is 11.8 Å². The van der Waals surface area contributed by atoms with Gasteiger partial charge in [-0.15, -0.1) is 6.58 Å². The van der Waals surface area contributed by atoms with Gasteiger partial charge >= 0.3 is 12.4 Å². The Kier molecular flexibility index (Phi) is 8.83. The van der Waals surface area contributed by atoms with Gasteiger partial charge < -0.3 is 14.4 Å². The molecule has 4 rings (SSSR count). The Morgan fingerprint density at radius 1 is 1.00 bits per heavy atom. The van der Waals surface area contributed by atoms with Crippen molar-refractivity contribution in [2.45, 2.75) is 19.0 Å². The fourth-order valence-corrected chi connectivity index (χ4v) is 5.15. The van der Waals surface area contributed by atoms with Crippen LogP contribution in [0.3, 0.4) is 0 Å². The molecule has 6 nitrogen and oxygen atoms in total. The molecule has 40 heavy (non-hydrogen) atoms. The van der Waals surface area contributed by atoms with Gasteiger partial charge in [-0.25, -0.2) is 0 Å². The van der Waals surface area contributed by atoms with E-state index in [4.69, 9.17) is 9.47 Å². The summed E-state index contributed by atoms with van der Waals surface area (Å²) in [5, 5.41) is 0.624. The Morgan fingerprint density at radius 3 is 2.35 bits per heavy atom. The number of piperazine rings is 1. The van der Waals surface area contributed by atoms with E-state index in [9.17, 15) is 31.1 Å². The maximum Gasteiger partial charge on any atom is 0.416 e. The molecule has 1 fully saturated rings. The molecule has 2 heterocycles. The van der Waals surface area contributed by atoms with Gasteiger partial charge in [0.15, 0.2) is 16.7 Å². The summed E-state index contributed by atoms with van der Waals surface area (Å²) in [6.07, 6.45) is -6.45. The summed E-state index contributed by atoms with van der Waals surface area (Å²) in [5.41, 5.74) is -2.73. The highest BCUT2D eigenvalue weighted by Crippen LogP contribution is 2.39. The van der Waals surface area contributed by atoms with E-state index in [1.165, 1.54) is 24.9 Å². The highest BCUT2D eigenvalue weighted by molar-refractivity contribution is 8.18. The summed E-state index contributed by atoms with van der Waals surface area (Å²) in [5.74, 6) is -0.128. The van der Waals surface area contributed by atoms with Crippen molar-refractivity contribution in [3.05, 3.63) is 76.2 Å². The molecule has 0 N–H and O–H groups in total. The van der Waals surface area contributed by atoms with E-state index in [2.05, 4.69) is 21.4 Å². The number of benzene rings is 2. The minimum Gasteiger partial charge on any atom is -0.493 e. The minimum absolute atomic E-state index is 0.0685. The smallest absolute Gasteiger partial charge is 0.416 e. The van der Waals surface area contributed by atoms with E-state index >= 15 is 0 Å². The van der Waals surface area contributed by atoms with Crippen LogP contribution in [-0.2, 0) is 23.8 Å². The first-order valence-electron chi connectivity index (χ1n) is 12.1. The Morgan fingerprint density at radius 2 is 1.73 bits per heavy atom. The summed E-state index contributed by atoms with van der Waals surface area (Å²) >= 11 is 1.26. The zero-order valence-corrected chi connectivity index (χ0v) is 22.1. The molecular weight excluding hydrogens is 560 g/mol. The number of alkyl halides is 6. The predicted molar refractivity (Wildman–Crippen MR) is 140 cm³/mol. The molecule has 0 aromatic heterocycles. The third-order valence-electron chi connectivity index (χ3n) is 6.25. The van der Waals surface area contributed by atoms with E-state index in [-0.39, 0.29) is 23.5 Å². The third kappa shape index (κ3) is 7.00. The van der Waals surface area contributed by atoms with Gasteiger partial charge in [0.2, 0.25) is 0 Å². The van der Waals surface area contributed by atoms with Crippen LogP contribution in [0.4, 0.5) is 26.3 Å². The number of ether oxygens (including phenoxy) is 2. The normalized spacial score (nSPS) is 17.8. The number of rotatable bonds is 7. The van der Waals surface area contributed by atoms with Crippen molar-refractivity contribution in [2.24, 2.45) is 4.99 Å². The standard InChI is InChI=1S/C27H25F6N3O3S/c1-3-8-35-9-11-36(12-10-35)25-34-24(37)23(40-25)14-17-4-7-21(22(13-17)38-2)39-16-18-5-6-19(26(28,29)30)15-20(18)27(31,32)33/h3-7,13-15H,1,8-12,16H2,2H3/b23-14-. The lowest BCUT2D eigenvalue weighted by molar-refractivity contribution is -0.143. The molecule has 1 saturated heterocycles. The van der Waals surface area contributed by atoms with Crippen LogP contribution in [0.15, 0.2) is 59.0 Å². The first-order valence-corrected chi connectivity index (χ1v) is 12.9. The molecule has 0 unspecified atom stereocenters. The zero-order chi connectivity index (χ0) is 29.1. The SMILES string of the molecule is C=CCN1CCN(C2=NC(=O)/C(=C/c3ccc(OCc4ccc(C(F)(F)F)cc4C(F)(F)F)c(OC)c3)S2)CC1. The second kappa shape index (κ2) is 12.0. The molecule has 214 valence electrons. The molecule has 0 bridgehead atoms. The molecule has 2 aliphatic rings. The molecule has 0 atom stereocenters. The predicted octanol–water partition coefficient (Wildman–Crippen LogP) is 6.09. The van der Waals surface area contributed by atoms with Gasteiger partial charge in [-0.05, 0) is 47.7 Å². The first-order chi connectivity index (χ1) is 18.9. The van der Waals surface area contributed by atoms with Gasteiger partial charge in [0, 0.05) is 38.3 Å². The summed E-state index contributed by atoms with van der Waals surface area (Å²) in [6.45, 7) is 7.02. The monoisotopic (exact) mass is 585 g/mol. The van der Waals surface area contributed by atoms with Crippen molar-refractivity contribution < 1.29 is 40.6 Å². The maximum atomic E-state index is 13.5. The Balaban J connectivity index is 1.46. The average molecular weight is 586 g/mol. The van der Waals surface area contributed by atoms with Gasteiger partial charge in [0.1, 0.15) is 6.61 Å². The Labute approximate surface area is 230 Å². The molecule has 2 aromatic carbocycles. The van der Waals surface area contributed by atoms with E-state index in [1.54, 1.807) is 18.2 Å². The molecule has 0 radical (unpaired) electrons. The molecule has 0 aliphatic carbocycles. The molecular formula is C27H25F6N3O3S. The highest BCUT2D eigenvalue weighted by Gasteiger charge is 2.38. The van der Waals surface area contributed by atoms with Gasteiger partial charge in [-0.3, -0.25) is 9.69 Å². The number of methoxy groups -OCH3 is 1. The number of carbonyl (C=O) groups is 1. The fourth-order valence-electron chi connectivity index (χ4n) is 4.18. The Bertz CT molecular complexity index is 1330. The molecule has 13 heteroatoms. The minimum atomic E-state index is -5.01. The lowest BCUT2D eigenvalue weighted by Crippen LogP contribution is -2.47. The number of hydrogen-bond donors (Lipinski definition) is 0. The Hall–Kier alpha value is -3.45. The number of hydrogen-bond acceptors (Lipinski definition) is 6. The van der Waals surface area contributed by atoms with Gasteiger partial charge in [-0.2, -0.15) is 31.3 Å². The van der Waals surface area contributed by atoms with E-state index < -0.39 is 35.6 Å². The fraction of sp³-hybridized carbons (Fsp3) is 0.333. The van der Waals surface area contributed by atoms with Crippen molar-refractivity contribution in [2.75, 3.05) is 39.8 Å². The van der Waals surface area contributed by atoms with E-state index in [0.717, 1.165) is 38.8 Å². The number of halogens is 6. The largest absolute Gasteiger partial charge is 0.493 e. The summed E-state index contributed by atoms with van der Waals surface area (Å²) in [6, 6.07) is 5.97. The van der Waals surface area contributed by atoms with Crippen molar-refractivity contribution in [3.8, 4) is 11.5 Å². The van der Waals surface area contributed by atoms with E-state index in [0.29, 0.717) is 21.7 Å². The van der Waals surface area contributed by atoms with Crippen LogP contribution in [0.1, 0.15) is 22.3 Å². The van der Waals surface area contributed by atoms with Crippen LogP contribution in [0.25, 0.3) is 6.08 Å². The maximum absolute atomic E-state index is 13.5. The topological polar surface area (TPSA) is 54.4 Å². The zero-order valence-electron chi connectivity index (χ0n) is 21.3. The molecule has 0 saturated carbocycles. The van der Waals surface area contributed by atoms with Crippen molar-refractivity contribution >= 4 is 28.9 Å². The van der Waals surface area contributed by atoms with Gasteiger partial charge in [0.25, 0.3) is 5.91 Å². The van der Waals surface area contributed by atoms with Crippen LogP contribution in [0, 0.1) is 0 Å². The quantitative estimate of drug-likeness (QED) is 0.223.